The largest absolute Gasteiger partial charge is 0.268 e. The number of fused-ring (bicyclic) bond motifs is 2. The third-order valence-electron chi connectivity index (χ3n) is 3.73. The van der Waals surface area contributed by atoms with Crippen molar-refractivity contribution >= 4 is 44.3 Å². The van der Waals surface area contributed by atoms with Crippen LogP contribution in [0.25, 0.3) is 10.9 Å². The molecule has 0 spiro atoms. The van der Waals surface area contributed by atoms with E-state index in [4.69, 9.17) is 0 Å². The monoisotopic (exact) mass is 352 g/mol. The third-order valence-corrected chi connectivity index (χ3v) is 4.57. The van der Waals surface area contributed by atoms with Crippen molar-refractivity contribution in [2.45, 2.75) is 0 Å². The second-order valence-corrected chi connectivity index (χ2v) is 5.75. The van der Waals surface area contributed by atoms with Crippen LogP contribution in [0.15, 0.2) is 59.2 Å². The molecule has 0 bridgehead atoms. The number of carbonyl (C=O) groups is 2. The Hall–Kier alpha value is -2.53. The number of amides is 2. The second-order valence-electron chi connectivity index (χ2n) is 4.96. The van der Waals surface area contributed by atoms with E-state index in [-0.39, 0.29) is 11.8 Å². The summed E-state index contributed by atoms with van der Waals surface area (Å²) < 4.78 is 0.688. The molecule has 106 valence electrons. The summed E-state index contributed by atoms with van der Waals surface area (Å²) in [5, 5.41) is 0.858. The summed E-state index contributed by atoms with van der Waals surface area (Å²) >= 11 is 3.51. The Morgan fingerprint density at radius 1 is 0.864 bits per heavy atom. The van der Waals surface area contributed by atoms with Gasteiger partial charge in [-0.25, -0.2) is 4.90 Å². The minimum Gasteiger partial charge on any atom is -0.268 e. The smallest absolute Gasteiger partial charge is 0.266 e. The van der Waals surface area contributed by atoms with E-state index < -0.39 is 0 Å². The van der Waals surface area contributed by atoms with Crippen LogP contribution in [-0.4, -0.2) is 16.8 Å². The number of hydrogen-bond acceptors (Lipinski definition) is 3. The zero-order valence-corrected chi connectivity index (χ0v) is 12.9. The molecule has 0 aliphatic carbocycles. The first kappa shape index (κ1) is 13.2. The van der Waals surface area contributed by atoms with Gasteiger partial charge in [0.25, 0.3) is 11.8 Å². The molecule has 5 heteroatoms. The number of aromatic nitrogens is 1. The minimum atomic E-state index is -0.301. The molecule has 0 fully saturated rings. The van der Waals surface area contributed by atoms with E-state index >= 15 is 0 Å². The van der Waals surface area contributed by atoms with Gasteiger partial charge < -0.3 is 0 Å². The zero-order chi connectivity index (χ0) is 15.3. The van der Waals surface area contributed by atoms with Crippen molar-refractivity contribution in [1.82, 2.24) is 4.98 Å². The van der Waals surface area contributed by atoms with Crippen molar-refractivity contribution in [3.63, 3.8) is 0 Å². The maximum atomic E-state index is 12.6. The van der Waals surface area contributed by atoms with Gasteiger partial charge in [-0.05, 0) is 46.3 Å². The molecule has 1 aliphatic heterocycles. The molecule has 1 aliphatic rings. The lowest BCUT2D eigenvalue weighted by Crippen LogP contribution is -2.29. The fraction of sp³-hybridized carbons (Fsp3) is 0. The number of rotatable bonds is 1. The van der Waals surface area contributed by atoms with Crippen LogP contribution in [0.4, 0.5) is 5.69 Å². The molecule has 2 heterocycles. The van der Waals surface area contributed by atoms with Crippen molar-refractivity contribution in [2.24, 2.45) is 0 Å². The SMILES string of the molecule is O=C1c2ccccc2C(=O)N1c1ccc2ncccc2c1Br. The Morgan fingerprint density at radius 2 is 1.55 bits per heavy atom. The molecule has 0 saturated carbocycles. The predicted octanol–water partition coefficient (Wildman–Crippen LogP) is 3.80. The third kappa shape index (κ3) is 1.72. The van der Waals surface area contributed by atoms with Crippen LogP contribution in [0.2, 0.25) is 0 Å². The van der Waals surface area contributed by atoms with Crippen LogP contribution < -0.4 is 4.90 Å². The molecule has 2 amide bonds. The summed E-state index contributed by atoms with van der Waals surface area (Å²) in [5.74, 6) is -0.603. The van der Waals surface area contributed by atoms with Gasteiger partial charge >= 0.3 is 0 Å². The Labute approximate surface area is 134 Å². The summed E-state index contributed by atoms with van der Waals surface area (Å²) in [6.07, 6.45) is 1.70. The zero-order valence-electron chi connectivity index (χ0n) is 11.3. The van der Waals surface area contributed by atoms with Gasteiger partial charge in [-0.1, -0.05) is 18.2 Å². The van der Waals surface area contributed by atoms with Crippen LogP contribution in [0.5, 0.6) is 0 Å². The summed E-state index contributed by atoms with van der Waals surface area (Å²) in [5.41, 5.74) is 2.21. The number of halogens is 1. The Balaban J connectivity index is 1.92. The average molecular weight is 353 g/mol. The van der Waals surface area contributed by atoms with E-state index in [9.17, 15) is 9.59 Å². The predicted molar refractivity (Wildman–Crippen MR) is 87.0 cm³/mol. The van der Waals surface area contributed by atoms with Gasteiger partial charge in [-0.3, -0.25) is 14.6 Å². The van der Waals surface area contributed by atoms with Gasteiger partial charge in [0, 0.05) is 11.6 Å². The molecule has 0 radical (unpaired) electrons. The van der Waals surface area contributed by atoms with Gasteiger partial charge in [0.2, 0.25) is 0 Å². The van der Waals surface area contributed by atoms with Gasteiger partial charge in [-0.15, -0.1) is 0 Å². The van der Waals surface area contributed by atoms with Crippen molar-refractivity contribution in [3.8, 4) is 0 Å². The molecule has 22 heavy (non-hydrogen) atoms. The molecule has 0 atom stereocenters. The van der Waals surface area contributed by atoms with E-state index in [0.717, 1.165) is 10.9 Å². The first-order valence-electron chi connectivity index (χ1n) is 6.69. The van der Waals surface area contributed by atoms with E-state index in [1.807, 2.05) is 12.1 Å². The highest BCUT2D eigenvalue weighted by Crippen LogP contribution is 2.37. The van der Waals surface area contributed by atoms with Crippen molar-refractivity contribution in [3.05, 3.63) is 70.3 Å². The normalized spacial score (nSPS) is 13.8. The van der Waals surface area contributed by atoms with Gasteiger partial charge in [0.05, 0.1) is 26.8 Å². The van der Waals surface area contributed by atoms with Crippen LogP contribution in [0.3, 0.4) is 0 Å². The molecule has 0 unspecified atom stereocenters. The lowest BCUT2D eigenvalue weighted by Gasteiger charge is -2.16. The van der Waals surface area contributed by atoms with E-state index in [2.05, 4.69) is 20.9 Å². The summed E-state index contributed by atoms with van der Waals surface area (Å²) in [4.78, 5) is 30.6. The molecule has 4 nitrogen and oxygen atoms in total. The van der Waals surface area contributed by atoms with Crippen molar-refractivity contribution in [1.29, 1.82) is 0 Å². The quantitative estimate of drug-likeness (QED) is 0.626. The topological polar surface area (TPSA) is 50.3 Å². The van der Waals surface area contributed by atoms with Crippen LogP contribution in [-0.2, 0) is 0 Å². The second kappa shape index (κ2) is 4.74. The maximum Gasteiger partial charge on any atom is 0.266 e. The summed E-state index contributed by atoms with van der Waals surface area (Å²) in [7, 11) is 0. The number of hydrogen-bond donors (Lipinski definition) is 0. The number of benzene rings is 2. The standard InChI is InChI=1S/C17H9BrN2O2/c18-15-12-6-3-9-19-13(12)7-8-14(15)20-16(21)10-4-1-2-5-11(10)17(20)22/h1-9H. The van der Waals surface area contributed by atoms with Crippen LogP contribution >= 0.6 is 15.9 Å². The van der Waals surface area contributed by atoms with E-state index in [1.54, 1.807) is 42.6 Å². The van der Waals surface area contributed by atoms with Gasteiger partial charge in [0.15, 0.2) is 0 Å². The number of anilines is 1. The number of pyridine rings is 1. The Morgan fingerprint density at radius 3 is 2.23 bits per heavy atom. The first-order chi connectivity index (χ1) is 10.7. The molecule has 2 aromatic carbocycles. The molecule has 0 N–H and O–H groups in total. The van der Waals surface area contributed by atoms with Gasteiger partial charge in [0.1, 0.15) is 0 Å². The minimum absolute atomic E-state index is 0.301. The average Bonchev–Trinajstić information content (AvgIpc) is 2.81. The fourth-order valence-corrected chi connectivity index (χ4v) is 3.33. The van der Waals surface area contributed by atoms with Crippen molar-refractivity contribution in [2.75, 3.05) is 4.90 Å². The highest BCUT2D eigenvalue weighted by atomic mass is 79.9. The molecular weight excluding hydrogens is 344 g/mol. The first-order valence-corrected chi connectivity index (χ1v) is 7.49. The highest BCUT2D eigenvalue weighted by molar-refractivity contribution is 9.10. The van der Waals surface area contributed by atoms with E-state index in [0.29, 0.717) is 21.3 Å². The molecule has 1 aromatic heterocycles. The number of carbonyl (C=O) groups excluding carboxylic acids is 2. The number of imide groups is 1. The van der Waals surface area contributed by atoms with E-state index in [1.165, 1.54) is 4.90 Å². The molecule has 0 saturated heterocycles. The summed E-state index contributed by atoms with van der Waals surface area (Å²) in [6.45, 7) is 0. The molecule has 3 aromatic rings. The highest BCUT2D eigenvalue weighted by Gasteiger charge is 2.37. The van der Waals surface area contributed by atoms with Crippen molar-refractivity contribution < 1.29 is 9.59 Å². The maximum absolute atomic E-state index is 12.6. The Bertz CT molecular complexity index is 917. The van der Waals surface area contributed by atoms with Gasteiger partial charge in [-0.2, -0.15) is 0 Å². The lowest BCUT2D eigenvalue weighted by atomic mass is 10.1. The number of nitrogens with zero attached hydrogens (tertiary/aromatic N) is 2. The molecule has 4 rings (SSSR count). The fourth-order valence-electron chi connectivity index (χ4n) is 2.69. The van der Waals surface area contributed by atoms with Crippen LogP contribution in [0.1, 0.15) is 20.7 Å². The lowest BCUT2D eigenvalue weighted by molar-refractivity contribution is 0.0926. The molecular formula is C17H9BrN2O2. The summed E-state index contributed by atoms with van der Waals surface area (Å²) in [6, 6.07) is 14.1. The Kier molecular flexibility index (Phi) is 2.84. The van der Waals surface area contributed by atoms with Crippen LogP contribution in [0, 0.1) is 0 Å².